The maximum Gasteiger partial charge on any atom is 0.425 e. The Labute approximate surface area is 192 Å². The maximum atomic E-state index is 15.0. The number of halogens is 5. The van der Waals surface area contributed by atoms with Crippen molar-refractivity contribution in [3.63, 3.8) is 0 Å². The van der Waals surface area contributed by atoms with Crippen LogP contribution >= 0.6 is 11.6 Å². The molecular formula is C21H22ClF4N5O2. The number of amides is 1. The number of nitrogens with zero attached hydrogens (tertiary/aromatic N) is 2. The first-order valence-electron chi connectivity index (χ1n) is 10.4. The summed E-state index contributed by atoms with van der Waals surface area (Å²) in [6.45, 7) is 2.55. The van der Waals surface area contributed by atoms with Crippen LogP contribution in [0.15, 0.2) is 24.5 Å². The Kier molecular flexibility index (Phi) is 6.47. The van der Waals surface area contributed by atoms with Crippen molar-refractivity contribution in [2.45, 2.75) is 62.5 Å². The zero-order valence-corrected chi connectivity index (χ0v) is 18.5. The monoisotopic (exact) mass is 487 g/mol. The molecule has 2 fully saturated rings. The number of hydrogen-bond donors (Lipinski definition) is 3. The molecule has 1 amide bonds. The second-order valence-electron chi connectivity index (χ2n) is 8.21. The Morgan fingerprint density at radius 2 is 1.97 bits per heavy atom. The molecule has 1 saturated heterocycles. The van der Waals surface area contributed by atoms with Crippen molar-refractivity contribution in [2.75, 3.05) is 0 Å². The Balaban J connectivity index is 1.68. The average molecular weight is 488 g/mol. The van der Waals surface area contributed by atoms with E-state index in [0.717, 1.165) is 37.6 Å². The molecule has 2 aliphatic rings. The molecule has 33 heavy (non-hydrogen) atoms. The van der Waals surface area contributed by atoms with E-state index in [4.69, 9.17) is 16.3 Å². The quantitative estimate of drug-likeness (QED) is 0.327. The van der Waals surface area contributed by atoms with E-state index >= 15 is 4.39 Å². The number of rotatable bonds is 6. The van der Waals surface area contributed by atoms with E-state index < -0.39 is 46.9 Å². The minimum atomic E-state index is -4.69. The molecule has 7 nitrogen and oxygen atoms in total. The summed E-state index contributed by atoms with van der Waals surface area (Å²) in [6, 6.07) is 0.999. The molecule has 2 aromatic rings. The van der Waals surface area contributed by atoms with E-state index in [1.807, 2.05) is 0 Å². The van der Waals surface area contributed by atoms with Crippen molar-refractivity contribution in [1.82, 2.24) is 26.1 Å². The minimum Gasteiger partial charge on any atom is -0.480 e. The van der Waals surface area contributed by atoms with Gasteiger partial charge in [-0.3, -0.25) is 20.2 Å². The van der Waals surface area contributed by atoms with Crippen molar-refractivity contribution in [1.29, 1.82) is 0 Å². The first-order valence-corrected chi connectivity index (χ1v) is 10.8. The summed E-state index contributed by atoms with van der Waals surface area (Å²) in [7, 11) is 0. The van der Waals surface area contributed by atoms with Crippen molar-refractivity contribution in [3.05, 3.63) is 41.6 Å². The molecule has 178 valence electrons. The van der Waals surface area contributed by atoms with E-state index in [1.54, 1.807) is 6.92 Å². The second-order valence-corrected chi connectivity index (χ2v) is 8.68. The SMILES string of the molecule is CC1NNC(Cl)C1NC(=O)c1cc(F)c(-c2cnc(C3CC3)cn2)cc1O[C@@H](C)C(F)(F)F. The largest absolute Gasteiger partial charge is 0.480 e. The summed E-state index contributed by atoms with van der Waals surface area (Å²) in [4.78, 5) is 21.4. The van der Waals surface area contributed by atoms with E-state index in [-0.39, 0.29) is 17.3 Å². The topological polar surface area (TPSA) is 88.2 Å². The fourth-order valence-corrected chi connectivity index (χ4v) is 3.76. The van der Waals surface area contributed by atoms with E-state index in [2.05, 4.69) is 26.1 Å². The zero-order chi connectivity index (χ0) is 23.9. The van der Waals surface area contributed by atoms with Crippen molar-refractivity contribution >= 4 is 17.5 Å². The van der Waals surface area contributed by atoms with Crippen LogP contribution < -0.4 is 20.9 Å². The normalized spacial score (nSPS) is 23.9. The van der Waals surface area contributed by atoms with Crippen molar-refractivity contribution < 1.29 is 27.1 Å². The molecule has 0 bridgehead atoms. The molecule has 0 radical (unpaired) electrons. The van der Waals surface area contributed by atoms with Gasteiger partial charge in [0.2, 0.25) is 0 Å². The molecule has 3 unspecified atom stereocenters. The number of hydrazine groups is 1. The number of aromatic nitrogens is 2. The summed E-state index contributed by atoms with van der Waals surface area (Å²) in [6.07, 6.45) is -2.03. The Morgan fingerprint density at radius 1 is 1.24 bits per heavy atom. The summed E-state index contributed by atoms with van der Waals surface area (Å²) in [5, 5.41) is 2.61. The predicted molar refractivity (Wildman–Crippen MR) is 112 cm³/mol. The lowest BCUT2D eigenvalue weighted by Crippen LogP contribution is -2.45. The van der Waals surface area contributed by atoms with Crippen LogP contribution in [0.4, 0.5) is 17.6 Å². The number of ether oxygens (including phenoxy) is 1. The van der Waals surface area contributed by atoms with Gasteiger partial charge in [-0.25, -0.2) is 9.82 Å². The van der Waals surface area contributed by atoms with Gasteiger partial charge >= 0.3 is 6.18 Å². The third-order valence-corrected chi connectivity index (χ3v) is 6.00. The average Bonchev–Trinajstić information content (AvgIpc) is 3.56. The third-order valence-electron chi connectivity index (χ3n) is 5.62. The van der Waals surface area contributed by atoms with Crippen LogP contribution in [-0.4, -0.2) is 45.7 Å². The second kappa shape index (κ2) is 9.03. The molecule has 4 rings (SSSR count). The molecule has 1 aliphatic carbocycles. The van der Waals surface area contributed by atoms with Crippen molar-refractivity contribution in [3.8, 4) is 17.0 Å². The molecule has 3 N–H and O–H groups in total. The highest BCUT2D eigenvalue weighted by Crippen LogP contribution is 2.39. The van der Waals surface area contributed by atoms with Crippen molar-refractivity contribution in [2.24, 2.45) is 0 Å². The number of benzene rings is 1. The molecule has 4 atom stereocenters. The molecule has 1 aromatic carbocycles. The number of carbonyl (C=O) groups excluding carboxylic acids is 1. The lowest BCUT2D eigenvalue weighted by molar-refractivity contribution is -0.189. The number of alkyl halides is 4. The summed E-state index contributed by atoms with van der Waals surface area (Å²) in [5.41, 5.74) is 5.27. The van der Waals surface area contributed by atoms with Crippen LogP contribution in [0.3, 0.4) is 0 Å². The number of nitrogens with one attached hydrogen (secondary N) is 3. The Bertz CT molecular complexity index is 1020. The van der Waals surface area contributed by atoms with Crippen LogP contribution in [0.1, 0.15) is 48.7 Å². The van der Waals surface area contributed by atoms with Crippen LogP contribution in [0, 0.1) is 5.82 Å². The van der Waals surface area contributed by atoms with Gasteiger partial charge in [-0.15, -0.1) is 11.6 Å². The van der Waals surface area contributed by atoms with Gasteiger partial charge in [0.15, 0.2) is 6.10 Å². The van der Waals surface area contributed by atoms with Crippen LogP contribution in [0.25, 0.3) is 11.3 Å². The Morgan fingerprint density at radius 3 is 2.52 bits per heavy atom. The summed E-state index contributed by atoms with van der Waals surface area (Å²) >= 11 is 6.11. The Hall–Kier alpha value is -2.50. The lowest BCUT2D eigenvalue weighted by atomic mass is 10.0. The number of hydrogen-bond acceptors (Lipinski definition) is 6. The standard InChI is InChI=1S/C21H22ClF4N5O2/c1-9-18(19(22)31-30-9)29-20(32)13-5-14(23)12(6-17(13)33-10(2)21(24,25)26)16-8-27-15(7-28-16)11-3-4-11/h5-11,18-19,30-31H,3-4H2,1-2H3,(H,29,32)/t9?,10-,18?,19?/m0/s1. The zero-order valence-electron chi connectivity index (χ0n) is 17.7. The molecule has 12 heteroatoms. The summed E-state index contributed by atoms with van der Waals surface area (Å²) in [5.74, 6) is -1.77. The molecule has 0 spiro atoms. The van der Waals surface area contributed by atoms with Gasteiger partial charge in [0, 0.05) is 23.7 Å². The minimum absolute atomic E-state index is 0.118. The van der Waals surface area contributed by atoms with Gasteiger partial charge in [0.05, 0.1) is 29.2 Å². The van der Waals surface area contributed by atoms with Gasteiger partial charge in [0.25, 0.3) is 5.91 Å². The molecule has 1 aliphatic heterocycles. The molecule has 2 heterocycles. The molecular weight excluding hydrogens is 466 g/mol. The highest BCUT2D eigenvalue weighted by Gasteiger charge is 2.39. The number of carbonyl (C=O) groups is 1. The van der Waals surface area contributed by atoms with E-state index in [1.165, 1.54) is 12.4 Å². The van der Waals surface area contributed by atoms with Crippen LogP contribution in [-0.2, 0) is 0 Å². The molecule has 1 saturated carbocycles. The van der Waals surface area contributed by atoms with E-state index in [9.17, 15) is 18.0 Å². The van der Waals surface area contributed by atoms with Gasteiger partial charge in [-0.2, -0.15) is 13.2 Å². The predicted octanol–water partition coefficient (Wildman–Crippen LogP) is 3.65. The lowest BCUT2D eigenvalue weighted by Gasteiger charge is -2.22. The maximum absolute atomic E-state index is 15.0. The van der Waals surface area contributed by atoms with Gasteiger partial charge < -0.3 is 10.1 Å². The first kappa shape index (κ1) is 23.7. The summed E-state index contributed by atoms with van der Waals surface area (Å²) < 4.78 is 59.6. The van der Waals surface area contributed by atoms with Gasteiger partial charge in [-0.1, -0.05) is 0 Å². The fourth-order valence-electron chi connectivity index (χ4n) is 3.42. The smallest absolute Gasteiger partial charge is 0.425 e. The molecule has 1 aromatic heterocycles. The fraction of sp³-hybridized carbons (Fsp3) is 0.476. The van der Waals surface area contributed by atoms with Gasteiger partial charge in [-0.05, 0) is 38.8 Å². The van der Waals surface area contributed by atoms with Crippen LogP contribution in [0.5, 0.6) is 5.75 Å². The van der Waals surface area contributed by atoms with Crippen LogP contribution in [0.2, 0.25) is 0 Å². The van der Waals surface area contributed by atoms with E-state index in [0.29, 0.717) is 5.92 Å². The first-order chi connectivity index (χ1) is 15.5. The highest BCUT2D eigenvalue weighted by atomic mass is 35.5. The van der Waals surface area contributed by atoms with Gasteiger partial charge in [0.1, 0.15) is 17.1 Å². The highest BCUT2D eigenvalue weighted by molar-refractivity contribution is 6.21. The third kappa shape index (κ3) is 5.20.